The zero-order valence-corrected chi connectivity index (χ0v) is 11.4. The lowest BCUT2D eigenvalue weighted by molar-refractivity contribution is 0.440. The molecule has 5 heteroatoms. The highest BCUT2D eigenvalue weighted by Crippen LogP contribution is 2.36. The Morgan fingerprint density at radius 3 is 3.05 bits per heavy atom. The fourth-order valence-electron chi connectivity index (χ4n) is 3.51. The first kappa shape index (κ1) is 12.4. The largest absolute Gasteiger partial charge is 0.337 e. The molecule has 2 fully saturated rings. The van der Waals surface area contributed by atoms with Crippen LogP contribution in [0.4, 0.5) is 5.95 Å². The van der Waals surface area contributed by atoms with Crippen molar-refractivity contribution in [3.8, 4) is 6.07 Å². The number of rotatable bonds is 2. The molecule has 19 heavy (non-hydrogen) atoms. The van der Waals surface area contributed by atoms with Gasteiger partial charge in [0.25, 0.3) is 0 Å². The molecule has 0 aromatic carbocycles. The highest BCUT2D eigenvalue weighted by Gasteiger charge is 2.44. The molecule has 1 aromatic heterocycles. The average Bonchev–Trinajstić information content (AvgIpc) is 2.97. The van der Waals surface area contributed by atoms with Crippen molar-refractivity contribution in [2.45, 2.75) is 26.3 Å². The molecule has 1 N–H and O–H groups in total. The van der Waals surface area contributed by atoms with Crippen molar-refractivity contribution in [1.82, 2.24) is 15.3 Å². The van der Waals surface area contributed by atoms with E-state index >= 15 is 0 Å². The normalized spacial score (nSPS) is 29.3. The molecule has 3 unspecified atom stereocenters. The lowest BCUT2D eigenvalue weighted by Gasteiger charge is -2.27. The summed E-state index contributed by atoms with van der Waals surface area (Å²) in [6, 6.07) is 4.36. The maximum atomic E-state index is 9.04. The van der Waals surface area contributed by atoms with Crippen LogP contribution >= 0.6 is 0 Å². The molecule has 2 aliphatic rings. The smallest absolute Gasteiger partial charge is 0.227 e. The number of nitrogens with one attached hydrogen (secondary N) is 1. The molecule has 0 bridgehead atoms. The molecule has 5 nitrogen and oxygen atoms in total. The molecule has 1 aromatic rings. The number of fused-ring (bicyclic) bond motifs is 1. The van der Waals surface area contributed by atoms with Crippen LogP contribution in [0.15, 0.2) is 6.07 Å². The molecule has 100 valence electrons. The van der Waals surface area contributed by atoms with E-state index in [4.69, 9.17) is 5.26 Å². The number of aromatic nitrogens is 2. The van der Waals surface area contributed by atoms with E-state index in [1.807, 2.05) is 6.92 Å². The molecule has 2 aliphatic heterocycles. The van der Waals surface area contributed by atoms with Crippen LogP contribution < -0.4 is 10.2 Å². The monoisotopic (exact) mass is 257 g/mol. The highest BCUT2D eigenvalue weighted by molar-refractivity contribution is 5.39. The van der Waals surface area contributed by atoms with Gasteiger partial charge in [-0.25, -0.2) is 9.97 Å². The molecular formula is C14H19N5. The molecule has 0 radical (unpaired) electrons. The highest BCUT2D eigenvalue weighted by atomic mass is 15.3. The summed E-state index contributed by atoms with van der Waals surface area (Å²) in [4.78, 5) is 11.2. The molecule has 0 spiro atoms. The molecular weight excluding hydrogens is 238 g/mol. The zero-order chi connectivity index (χ0) is 13.4. The minimum absolute atomic E-state index is 0.465. The summed E-state index contributed by atoms with van der Waals surface area (Å²) in [5.41, 5.74) is 1.33. The van der Waals surface area contributed by atoms with Crippen molar-refractivity contribution in [3.63, 3.8) is 0 Å². The van der Waals surface area contributed by atoms with Crippen LogP contribution in [0.3, 0.4) is 0 Å². The van der Waals surface area contributed by atoms with E-state index in [0.29, 0.717) is 23.6 Å². The second kappa shape index (κ2) is 4.78. The first-order chi connectivity index (χ1) is 9.22. The molecule has 0 saturated carbocycles. The summed E-state index contributed by atoms with van der Waals surface area (Å²) >= 11 is 0. The fourth-order valence-corrected chi connectivity index (χ4v) is 3.51. The zero-order valence-electron chi connectivity index (χ0n) is 11.4. The predicted octanol–water partition coefficient (Wildman–Crippen LogP) is 1.09. The van der Waals surface area contributed by atoms with E-state index in [1.165, 1.54) is 0 Å². The van der Waals surface area contributed by atoms with E-state index in [-0.39, 0.29) is 0 Å². The van der Waals surface area contributed by atoms with E-state index in [2.05, 4.69) is 33.2 Å². The van der Waals surface area contributed by atoms with Crippen LogP contribution in [-0.2, 0) is 0 Å². The van der Waals surface area contributed by atoms with Gasteiger partial charge < -0.3 is 10.2 Å². The van der Waals surface area contributed by atoms with Gasteiger partial charge in [0.05, 0.1) is 0 Å². The van der Waals surface area contributed by atoms with E-state index < -0.39 is 0 Å². The lowest BCUT2D eigenvalue weighted by atomic mass is 9.93. The van der Waals surface area contributed by atoms with Crippen molar-refractivity contribution < 1.29 is 0 Å². The Kier molecular flexibility index (Phi) is 3.11. The lowest BCUT2D eigenvalue weighted by Crippen LogP contribution is -2.36. The Bertz CT molecular complexity index is 521. The second-order valence-corrected chi connectivity index (χ2v) is 5.52. The van der Waals surface area contributed by atoms with Crippen LogP contribution in [0.2, 0.25) is 0 Å². The number of hydrogen-bond acceptors (Lipinski definition) is 5. The summed E-state index contributed by atoms with van der Waals surface area (Å²) in [6.07, 6.45) is 1.10. The van der Waals surface area contributed by atoms with Gasteiger partial charge in [0.2, 0.25) is 5.95 Å². The average molecular weight is 257 g/mol. The molecule has 3 rings (SSSR count). The molecule has 3 heterocycles. The summed E-state index contributed by atoms with van der Waals surface area (Å²) in [7, 11) is 0. The Labute approximate surface area is 113 Å². The van der Waals surface area contributed by atoms with Gasteiger partial charge in [-0.3, -0.25) is 0 Å². The van der Waals surface area contributed by atoms with E-state index in [1.54, 1.807) is 6.07 Å². The molecule has 3 atom stereocenters. The maximum absolute atomic E-state index is 9.04. The Hall–Kier alpha value is -1.67. The number of aryl methyl sites for hydroxylation is 1. The SMILES string of the molecule is CCC1C2CNCC2CN1c1nc(C)cc(C#N)n1. The Morgan fingerprint density at radius 2 is 2.32 bits per heavy atom. The van der Waals surface area contributed by atoms with Crippen LogP contribution in [0.25, 0.3) is 0 Å². The van der Waals surface area contributed by atoms with Crippen molar-refractivity contribution in [1.29, 1.82) is 5.26 Å². The third-order valence-corrected chi connectivity index (χ3v) is 4.35. The standard InChI is InChI=1S/C14H19N5/c1-3-13-12-7-16-6-10(12)8-19(13)14-17-9(2)4-11(5-15)18-14/h4,10,12-13,16H,3,6-8H2,1-2H3. The van der Waals surface area contributed by atoms with Gasteiger partial charge in [-0.1, -0.05) is 6.92 Å². The minimum Gasteiger partial charge on any atom is -0.337 e. The quantitative estimate of drug-likeness (QED) is 0.859. The van der Waals surface area contributed by atoms with Crippen molar-refractivity contribution in [3.05, 3.63) is 17.5 Å². The van der Waals surface area contributed by atoms with Crippen LogP contribution in [0.5, 0.6) is 0 Å². The molecule has 0 aliphatic carbocycles. The predicted molar refractivity (Wildman–Crippen MR) is 72.8 cm³/mol. The first-order valence-electron chi connectivity index (χ1n) is 6.96. The van der Waals surface area contributed by atoms with E-state index in [0.717, 1.165) is 37.7 Å². The third kappa shape index (κ3) is 2.06. The van der Waals surface area contributed by atoms with Crippen LogP contribution in [-0.4, -0.2) is 35.6 Å². The summed E-state index contributed by atoms with van der Waals surface area (Å²) in [6.45, 7) is 7.33. The van der Waals surface area contributed by atoms with Crippen molar-refractivity contribution >= 4 is 5.95 Å². The fraction of sp³-hybridized carbons (Fsp3) is 0.643. The van der Waals surface area contributed by atoms with Crippen LogP contribution in [0, 0.1) is 30.1 Å². The number of nitriles is 1. The van der Waals surface area contributed by atoms with Gasteiger partial charge in [-0.05, 0) is 31.2 Å². The third-order valence-electron chi connectivity index (χ3n) is 4.35. The minimum atomic E-state index is 0.465. The first-order valence-corrected chi connectivity index (χ1v) is 6.96. The summed E-state index contributed by atoms with van der Waals surface area (Å²) < 4.78 is 0. The molecule has 0 amide bonds. The van der Waals surface area contributed by atoms with Gasteiger partial charge >= 0.3 is 0 Å². The maximum Gasteiger partial charge on any atom is 0.227 e. The number of anilines is 1. The van der Waals surface area contributed by atoms with Gasteiger partial charge in [0.1, 0.15) is 11.8 Å². The topological polar surface area (TPSA) is 64.8 Å². The number of hydrogen-bond donors (Lipinski definition) is 1. The van der Waals surface area contributed by atoms with Crippen LogP contribution in [0.1, 0.15) is 24.7 Å². The summed E-state index contributed by atoms with van der Waals surface area (Å²) in [5.74, 6) is 2.12. The van der Waals surface area contributed by atoms with Gasteiger partial charge in [-0.2, -0.15) is 5.26 Å². The molecule has 2 saturated heterocycles. The Morgan fingerprint density at radius 1 is 1.47 bits per heavy atom. The van der Waals surface area contributed by atoms with Gasteiger partial charge in [-0.15, -0.1) is 0 Å². The van der Waals surface area contributed by atoms with E-state index in [9.17, 15) is 0 Å². The summed E-state index contributed by atoms with van der Waals surface area (Å²) in [5, 5.41) is 12.5. The van der Waals surface area contributed by atoms with Crippen molar-refractivity contribution in [2.75, 3.05) is 24.5 Å². The van der Waals surface area contributed by atoms with Crippen molar-refractivity contribution in [2.24, 2.45) is 11.8 Å². The Balaban J connectivity index is 1.94. The van der Waals surface area contributed by atoms with Gasteiger partial charge in [0, 0.05) is 31.4 Å². The van der Waals surface area contributed by atoms with Gasteiger partial charge in [0.15, 0.2) is 0 Å². The second-order valence-electron chi connectivity index (χ2n) is 5.52. The number of nitrogens with zero attached hydrogens (tertiary/aromatic N) is 4.